The summed E-state index contributed by atoms with van der Waals surface area (Å²) < 4.78 is 0. The van der Waals surface area contributed by atoms with E-state index in [0.717, 1.165) is 12.6 Å². The lowest BCUT2D eigenvalue weighted by Gasteiger charge is -2.35. The molecule has 2 N–H and O–H groups in total. The number of hydrogen-bond donors (Lipinski definition) is 2. The first-order valence-electron chi connectivity index (χ1n) is 10.5. The molecule has 0 spiro atoms. The quantitative estimate of drug-likeness (QED) is 0.362. The Morgan fingerprint density at radius 3 is 1.68 bits per heavy atom. The molecule has 1 unspecified atom stereocenters. The average Bonchev–Trinajstić information content (AvgIpc) is 2.68. The topological polar surface area (TPSA) is 139 Å². The lowest BCUT2D eigenvalue weighted by atomic mass is 10.1. The van der Waals surface area contributed by atoms with Crippen LogP contribution in [0.5, 0.6) is 0 Å². The predicted octanol–water partition coefficient (Wildman–Crippen LogP) is -1.49. The van der Waals surface area contributed by atoms with Crippen LogP contribution in [0.15, 0.2) is 0 Å². The van der Waals surface area contributed by atoms with E-state index >= 15 is 0 Å². The number of hydrogen-bond acceptors (Lipinski definition) is 9. The van der Waals surface area contributed by atoms with E-state index < -0.39 is 18.0 Å². The number of nitrogens with zero attached hydrogens (tertiary/aromatic N) is 4. The summed E-state index contributed by atoms with van der Waals surface area (Å²) in [4.78, 5) is 63.9. The first-order valence-corrected chi connectivity index (χ1v) is 10.5. The number of carbonyl (C=O) groups excluding carboxylic acids is 3. The molecule has 11 heteroatoms. The van der Waals surface area contributed by atoms with Crippen LogP contribution in [-0.2, 0) is 24.0 Å². The molecule has 0 aliphatic carbocycles. The normalized spacial score (nSPS) is 19.6. The van der Waals surface area contributed by atoms with Gasteiger partial charge in [0.05, 0.1) is 25.7 Å². The van der Waals surface area contributed by atoms with Crippen molar-refractivity contribution >= 4 is 30.3 Å². The highest BCUT2D eigenvalue weighted by Gasteiger charge is 2.23. The van der Waals surface area contributed by atoms with Gasteiger partial charge in [0, 0.05) is 58.8 Å². The van der Waals surface area contributed by atoms with Crippen LogP contribution in [0.2, 0.25) is 0 Å². The molecular weight excluding hydrogens is 408 g/mol. The molecule has 0 saturated carbocycles. The van der Waals surface area contributed by atoms with Crippen molar-refractivity contribution in [1.29, 1.82) is 0 Å². The van der Waals surface area contributed by atoms with Gasteiger partial charge in [-0.3, -0.25) is 29.2 Å². The minimum atomic E-state index is -0.982. The second-order valence-electron chi connectivity index (χ2n) is 7.79. The van der Waals surface area contributed by atoms with Crippen LogP contribution in [0.1, 0.15) is 19.8 Å². The highest BCUT2D eigenvalue weighted by atomic mass is 16.4. The van der Waals surface area contributed by atoms with Gasteiger partial charge >= 0.3 is 11.9 Å². The molecule has 1 atom stereocenters. The van der Waals surface area contributed by atoms with Gasteiger partial charge in [0.15, 0.2) is 0 Å². The van der Waals surface area contributed by atoms with E-state index in [9.17, 15) is 29.1 Å². The van der Waals surface area contributed by atoms with Crippen molar-refractivity contribution < 1.29 is 34.2 Å². The van der Waals surface area contributed by atoms with E-state index in [1.807, 2.05) is 9.80 Å². The molecule has 1 heterocycles. The highest BCUT2D eigenvalue weighted by molar-refractivity contribution is 5.76. The fourth-order valence-corrected chi connectivity index (χ4v) is 3.56. The maximum atomic E-state index is 11.7. The molecule has 1 aliphatic heterocycles. The first-order chi connectivity index (χ1) is 14.7. The van der Waals surface area contributed by atoms with Crippen LogP contribution in [0.3, 0.4) is 0 Å². The fraction of sp³-hybridized carbons (Fsp3) is 0.750. The Balaban J connectivity index is 2.99. The van der Waals surface area contributed by atoms with E-state index in [4.69, 9.17) is 5.11 Å². The van der Waals surface area contributed by atoms with E-state index in [1.54, 1.807) is 9.80 Å². The molecule has 11 nitrogen and oxygen atoms in total. The number of Topliss-reactive ketones (excluding diaryl/α,β-unsaturated/α-hetero) is 1. The van der Waals surface area contributed by atoms with Crippen molar-refractivity contribution in [2.45, 2.75) is 25.8 Å². The van der Waals surface area contributed by atoms with Gasteiger partial charge in [-0.1, -0.05) is 0 Å². The van der Waals surface area contributed by atoms with E-state index in [1.165, 1.54) is 6.92 Å². The van der Waals surface area contributed by atoms with Crippen molar-refractivity contribution in [3.63, 3.8) is 0 Å². The average molecular weight is 443 g/mol. The molecule has 31 heavy (non-hydrogen) atoms. The van der Waals surface area contributed by atoms with Crippen LogP contribution in [0, 0.1) is 0 Å². The summed E-state index contributed by atoms with van der Waals surface area (Å²) in [5.74, 6) is -1.96. The van der Waals surface area contributed by atoms with Gasteiger partial charge in [-0.15, -0.1) is 0 Å². The second kappa shape index (κ2) is 14.7. The molecule has 0 amide bonds. The molecule has 0 bridgehead atoms. The summed E-state index contributed by atoms with van der Waals surface area (Å²) >= 11 is 0. The predicted molar refractivity (Wildman–Crippen MR) is 112 cm³/mol. The van der Waals surface area contributed by atoms with Crippen LogP contribution in [-0.4, -0.2) is 138 Å². The first kappa shape index (κ1) is 26.8. The third kappa shape index (κ3) is 11.7. The van der Waals surface area contributed by atoms with Gasteiger partial charge in [-0.05, 0) is 13.3 Å². The third-order valence-electron chi connectivity index (χ3n) is 5.34. The maximum absolute atomic E-state index is 11.7. The fourth-order valence-electron chi connectivity index (χ4n) is 3.56. The smallest absolute Gasteiger partial charge is 0.317 e. The Labute approximate surface area is 182 Å². The number of aldehydes is 2. The van der Waals surface area contributed by atoms with Crippen LogP contribution < -0.4 is 0 Å². The molecule has 176 valence electrons. The molecule has 0 aromatic heterocycles. The zero-order valence-corrected chi connectivity index (χ0v) is 18.1. The van der Waals surface area contributed by atoms with Crippen LogP contribution >= 0.6 is 0 Å². The Bertz CT molecular complexity index is 616. The van der Waals surface area contributed by atoms with Gasteiger partial charge in [0.25, 0.3) is 0 Å². The second-order valence-corrected chi connectivity index (χ2v) is 7.79. The molecule has 1 aliphatic rings. The summed E-state index contributed by atoms with van der Waals surface area (Å²) in [5.41, 5.74) is 0. The summed E-state index contributed by atoms with van der Waals surface area (Å²) in [6, 6.07) is -0.472. The Hall–Kier alpha value is -2.21. The zero-order valence-electron chi connectivity index (χ0n) is 18.1. The van der Waals surface area contributed by atoms with Gasteiger partial charge < -0.3 is 24.6 Å². The molecule has 1 saturated heterocycles. The Morgan fingerprint density at radius 2 is 1.26 bits per heavy atom. The zero-order chi connectivity index (χ0) is 23.2. The number of aliphatic carboxylic acids is 2. The van der Waals surface area contributed by atoms with E-state index in [-0.39, 0.29) is 31.8 Å². The minimum absolute atomic E-state index is 0.00480. The summed E-state index contributed by atoms with van der Waals surface area (Å²) in [6.07, 6.45) is 2.27. The maximum Gasteiger partial charge on any atom is 0.317 e. The van der Waals surface area contributed by atoms with Gasteiger partial charge in [-0.25, -0.2) is 0 Å². The van der Waals surface area contributed by atoms with Crippen molar-refractivity contribution in [3.05, 3.63) is 0 Å². The largest absolute Gasteiger partial charge is 0.480 e. The lowest BCUT2D eigenvalue weighted by molar-refractivity contribution is -0.140. The summed E-state index contributed by atoms with van der Waals surface area (Å²) in [7, 11) is 0. The van der Waals surface area contributed by atoms with Gasteiger partial charge in [0.2, 0.25) is 0 Å². The standard InChI is InChI=1S/C20H34N4O7/c1-17(27)2-3-18(16-26)24-10-8-21(12-13-25)4-5-22(14-19(28)29)6-7-23(9-11-24)15-20(30)31/h13,16,18H,2-12,14-15H2,1H3,(H,28,29)(H,30,31). The summed E-state index contributed by atoms with van der Waals surface area (Å²) in [5, 5.41) is 18.4. The lowest BCUT2D eigenvalue weighted by Crippen LogP contribution is -2.50. The molecule has 1 rings (SSSR count). The number of carboxylic acid groups (broad SMARTS) is 2. The highest BCUT2D eigenvalue weighted by Crippen LogP contribution is 2.08. The minimum Gasteiger partial charge on any atom is -0.480 e. The molecule has 0 aromatic rings. The monoisotopic (exact) mass is 442 g/mol. The Morgan fingerprint density at radius 1 is 0.806 bits per heavy atom. The van der Waals surface area contributed by atoms with Crippen molar-refractivity contribution in [2.24, 2.45) is 0 Å². The van der Waals surface area contributed by atoms with Gasteiger partial charge in [-0.2, -0.15) is 0 Å². The van der Waals surface area contributed by atoms with E-state index in [2.05, 4.69) is 0 Å². The molecule has 0 aromatic carbocycles. The van der Waals surface area contributed by atoms with Crippen molar-refractivity contribution in [3.8, 4) is 0 Å². The number of rotatable bonds is 11. The number of carboxylic acids is 2. The number of ketones is 1. The molecular formula is C20H34N4O7. The number of carbonyl (C=O) groups is 5. The molecule has 1 fully saturated rings. The van der Waals surface area contributed by atoms with E-state index in [0.29, 0.717) is 58.8 Å². The van der Waals surface area contributed by atoms with Gasteiger partial charge in [0.1, 0.15) is 18.4 Å². The van der Waals surface area contributed by atoms with Crippen LogP contribution in [0.4, 0.5) is 0 Å². The van der Waals surface area contributed by atoms with Crippen molar-refractivity contribution in [1.82, 2.24) is 19.6 Å². The molecule has 0 radical (unpaired) electrons. The SMILES string of the molecule is CC(=O)CCC(C=O)N1CCN(CC=O)CCN(CC(=O)O)CCN(CC(=O)O)CC1. The van der Waals surface area contributed by atoms with Crippen molar-refractivity contribution in [2.75, 3.05) is 72.0 Å². The Kier molecular flexibility index (Phi) is 12.8. The van der Waals surface area contributed by atoms with Crippen LogP contribution in [0.25, 0.3) is 0 Å². The summed E-state index contributed by atoms with van der Waals surface area (Å²) in [6.45, 7) is 4.69. The third-order valence-corrected chi connectivity index (χ3v) is 5.34.